The van der Waals surface area contributed by atoms with Gasteiger partial charge in [-0.3, -0.25) is 0 Å². The van der Waals surface area contributed by atoms with Crippen molar-refractivity contribution < 1.29 is 13.2 Å². The lowest BCUT2D eigenvalue weighted by Crippen LogP contribution is -2.06. The minimum Gasteiger partial charge on any atom is -0.349 e. The van der Waals surface area contributed by atoms with E-state index in [2.05, 4.69) is 33.5 Å². The van der Waals surface area contributed by atoms with Crippen molar-refractivity contribution in [3.63, 3.8) is 0 Å². The van der Waals surface area contributed by atoms with Gasteiger partial charge < -0.3 is 4.98 Å². The molecular weight excluding hydrogens is 327 g/mol. The van der Waals surface area contributed by atoms with E-state index in [0.29, 0.717) is 15.0 Å². The number of nitrogens with one attached hydrogen (secondary N) is 1. The van der Waals surface area contributed by atoms with E-state index in [0.717, 1.165) is 0 Å². The monoisotopic (exact) mass is 329 g/mol. The molecule has 1 aromatic heterocycles. The number of thiol groups is 1. The average molecular weight is 331 g/mol. The second-order valence-electron chi connectivity index (χ2n) is 3.16. The molecule has 0 radical (unpaired) electrons. The zero-order valence-electron chi connectivity index (χ0n) is 7.49. The lowest BCUT2D eigenvalue weighted by molar-refractivity contribution is -0.136. The molecule has 16 heavy (non-hydrogen) atoms. The summed E-state index contributed by atoms with van der Waals surface area (Å²) in [5.74, 6) is 0. The van der Waals surface area contributed by atoms with Gasteiger partial charge in [0.15, 0.2) is 0 Å². The third-order valence-electron chi connectivity index (χ3n) is 2.09. The molecule has 1 heterocycles. The van der Waals surface area contributed by atoms with Gasteiger partial charge in [0.05, 0.1) is 21.1 Å². The molecule has 0 bridgehead atoms. The standard InChI is InChI=1S/C9H4BrClF3NS/c10-4-2-5(11)7(9(12,13)14)3-1-6(16)15-8(3)4/h1-2,15-16H. The summed E-state index contributed by atoms with van der Waals surface area (Å²) in [6, 6.07) is 2.52. The van der Waals surface area contributed by atoms with Gasteiger partial charge in [0.1, 0.15) is 0 Å². The zero-order chi connectivity index (χ0) is 12.1. The van der Waals surface area contributed by atoms with Gasteiger partial charge in [0.2, 0.25) is 0 Å². The highest BCUT2D eigenvalue weighted by Crippen LogP contribution is 2.42. The van der Waals surface area contributed by atoms with Crippen LogP contribution in [0, 0.1) is 0 Å². The predicted molar refractivity (Wildman–Crippen MR) is 63.3 cm³/mol. The number of fused-ring (bicyclic) bond motifs is 1. The molecule has 0 aliphatic heterocycles. The van der Waals surface area contributed by atoms with Gasteiger partial charge in [-0.2, -0.15) is 13.2 Å². The first-order valence-electron chi connectivity index (χ1n) is 4.07. The summed E-state index contributed by atoms with van der Waals surface area (Å²) in [7, 11) is 0. The molecule has 2 rings (SSSR count). The molecule has 86 valence electrons. The van der Waals surface area contributed by atoms with E-state index >= 15 is 0 Å². The second kappa shape index (κ2) is 3.85. The maximum Gasteiger partial charge on any atom is 0.418 e. The third kappa shape index (κ3) is 1.94. The molecular formula is C9H4BrClF3NS. The number of aromatic nitrogens is 1. The number of alkyl halides is 3. The highest BCUT2D eigenvalue weighted by molar-refractivity contribution is 9.10. The van der Waals surface area contributed by atoms with E-state index in [1.807, 2.05) is 0 Å². The molecule has 0 saturated carbocycles. The Bertz CT molecular complexity index is 564. The second-order valence-corrected chi connectivity index (χ2v) is 4.90. The van der Waals surface area contributed by atoms with Crippen LogP contribution >= 0.6 is 40.2 Å². The number of hydrogen-bond donors (Lipinski definition) is 2. The van der Waals surface area contributed by atoms with Crippen molar-refractivity contribution in [3.8, 4) is 0 Å². The number of rotatable bonds is 0. The Morgan fingerprint density at radius 2 is 1.94 bits per heavy atom. The lowest BCUT2D eigenvalue weighted by Gasteiger charge is -2.11. The Kier molecular flexibility index (Phi) is 2.92. The van der Waals surface area contributed by atoms with E-state index < -0.39 is 11.7 Å². The average Bonchev–Trinajstić information content (AvgIpc) is 2.43. The highest BCUT2D eigenvalue weighted by Gasteiger charge is 2.36. The van der Waals surface area contributed by atoms with Crippen LogP contribution in [-0.4, -0.2) is 4.98 Å². The molecule has 7 heteroatoms. The number of halogens is 5. The Balaban J connectivity index is 2.92. The van der Waals surface area contributed by atoms with Gasteiger partial charge in [-0.15, -0.1) is 12.6 Å². The fourth-order valence-electron chi connectivity index (χ4n) is 1.50. The van der Waals surface area contributed by atoms with E-state index in [9.17, 15) is 13.2 Å². The van der Waals surface area contributed by atoms with Crippen molar-refractivity contribution in [2.45, 2.75) is 11.2 Å². The quantitative estimate of drug-likeness (QED) is 0.640. The van der Waals surface area contributed by atoms with Crippen molar-refractivity contribution in [3.05, 3.63) is 27.2 Å². The minimum absolute atomic E-state index is 0.0110. The van der Waals surface area contributed by atoms with Crippen LogP contribution in [0.25, 0.3) is 10.9 Å². The number of benzene rings is 1. The maximum absolute atomic E-state index is 12.8. The first-order valence-corrected chi connectivity index (χ1v) is 5.69. The summed E-state index contributed by atoms with van der Waals surface area (Å²) < 4.78 is 38.8. The number of aromatic amines is 1. The van der Waals surface area contributed by atoms with E-state index in [1.165, 1.54) is 12.1 Å². The molecule has 1 nitrogen and oxygen atoms in total. The molecule has 1 aromatic carbocycles. The summed E-state index contributed by atoms with van der Waals surface area (Å²) in [6.45, 7) is 0. The van der Waals surface area contributed by atoms with Crippen molar-refractivity contribution >= 4 is 51.1 Å². The SMILES string of the molecule is FC(F)(F)c1c(Cl)cc(Br)c2[nH]c(S)cc12. The van der Waals surface area contributed by atoms with Crippen molar-refractivity contribution in [1.82, 2.24) is 4.98 Å². The van der Waals surface area contributed by atoms with Crippen LogP contribution in [0.1, 0.15) is 5.56 Å². The summed E-state index contributed by atoms with van der Waals surface area (Å²) in [4.78, 5) is 2.73. The smallest absolute Gasteiger partial charge is 0.349 e. The van der Waals surface area contributed by atoms with Crippen LogP contribution < -0.4 is 0 Å². The van der Waals surface area contributed by atoms with Crippen LogP contribution in [0.2, 0.25) is 5.02 Å². The Hall–Kier alpha value is -0.330. The molecule has 0 fully saturated rings. The van der Waals surface area contributed by atoms with Crippen LogP contribution in [0.15, 0.2) is 21.6 Å². The Labute approximate surface area is 108 Å². The maximum atomic E-state index is 12.8. The molecule has 0 unspecified atom stereocenters. The van der Waals surface area contributed by atoms with Crippen LogP contribution in [0.5, 0.6) is 0 Å². The summed E-state index contributed by atoms with van der Waals surface area (Å²) in [5, 5.41) is 0.0274. The molecule has 1 N–H and O–H groups in total. The third-order valence-corrected chi connectivity index (χ3v) is 3.25. The van der Waals surface area contributed by atoms with E-state index in [1.54, 1.807) is 0 Å². The van der Waals surface area contributed by atoms with Crippen LogP contribution in [-0.2, 0) is 6.18 Å². The highest BCUT2D eigenvalue weighted by atomic mass is 79.9. The van der Waals surface area contributed by atoms with Gasteiger partial charge in [-0.1, -0.05) is 11.6 Å². The fraction of sp³-hybridized carbons (Fsp3) is 0.111. The molecule has 0 aliphatic rings. The Morgan fingerprint density at radius 3 is 2.50 bits per heavy atom. The number of H-pyrrole nitrogens is 1. The minimum atomic E-state index is -4.49. The molecule has 2 aromatic rings. The molecule has 0 amide bonds. The molecule has 0 atom stereocenters. The van der Waals surface area contributed by atoms with Gasteiger partial charge in [-0.25, -0.2) is 0 Å². The Morgan fingerprint density at radius 1 is 1.31 bits per heavy atom. The van der Waals surface area contributed by atoms with Crippen molar-refractivity contribution in [1.29, 1.82) is 0 Å². The molecule has 0 spiro atoms. The van der Waals surface area contributed by atoms with Crippen molar-refractivity contribution in [2.24, 2.45) is 0 Å². The van der Waals surface area contributed by atoms with Gasteiger partial charge in [0.25, 0.3) is 0 Å². The van der Waals surface area contributed by atoms with Crippen LogP contribution in [0.3, 0.4) is 0 Å². The van der Waals surface area contributed by atoms with E-state index in [-0.39, 0.29) is 10.4 Å². The summed E-state index contributed by atoms with van der Waals surface area (Å²) >= 11 is 12.7. The van der Waals surface area contributed by atoms with Crippen LogP contribution in [0.4, 0.5) is 13.2 Å². The van der Waals surface area contributed by atoms with E-state index in [4.69, 9.17) is 11.6 Å². The van der Waals surface area contributed by atoms with Crippen molar-refractivity contribution in [2.75, 3.05) is 0 Å². The number of hydrogen-bond acceptors (Lipinski definition) is 1. The lowest BCUT2D eigenvalue weighted by atomic mass is 10.1. The first-order chi connectivity index (χ1) is 7.30. The largest absolute Gasteiger partial charge is 0.418 e. The summed E-state index contributed by atoms with van der Waals surface area (Å²) in [6.07, 6.45) is -4.49. The topological polar surface area (TPSA) is 15.8 Å². The van der Waals surface area contributed by atoms with Gasteiger partial charge in [0, 0.05) is 9.86 Å². The first kappa shape index (κ1) is 12.1. The van der Waals surface area contributed by atoms with Gasteiger partial charge >= 0.3 is 6.18 Å². The molecule has 0 aliphatic carbocycles. The zero-order valence-corrected chi connectivity index (χ0v) is 10.7. The fourth-order valence-corrected chi connectivity index (χ4v) is 2.73. The summed E-state index contributed by atoms with van der Waals surface area (Å²) in [5.41, 5.74) is -0.509. The molecule has 0 saturated heterocycles. The van der Waals surface area contributed by atoms with Gasteiger partial charge in [-0.05, 0) is 28.1 Å². The predicted octanol–water partition coefficient (Wildman–Crippen LogP) is 4.89. The normalized spacial score (nSPS) is 12.4.